The summed E-state index contributed by atoms with van der Waals surface area (Å²) in [6.07, 6.45) is -1.22. The molecule has 0 aliphatic carbocycles. The van der Waals surface area contributed by atoms with Crippen LogP contribution in [0.3, 0.4) is 0 Å². The minimum Gasteiger partial charge on any atom is -0.467 e. The molecule has 0 bridgehead atoms. The fourth-order valence-electron chi connectivity index (χ4n) is 2.51. The zero-order chi connectivity index (χ0) is 14.2. The van der Waals surface area contributed by atoms with Gasteiger partial charge in [0.15, 0.2) is 0 Å². The van der Waals surface area contributed by atoms with Gasteiger partial charge >= 0.3 is 12.1 Å². The number of carbonyl (C=O) groups excluding carboxylic acids is 1. The monoisotopic (exact) mass is 262 g/mol. The molecule has 6 heteroatoms. The third-order valence-corrected chi connectivity index (χ3v) is 3.98. The average molecular weight is 262 g/mol. The molecule has 1 amide bonds. The maximum Gasteiger partial charge on any atom is 0.513 e. The lowest BCUT2D eigenvalue weighted by Crippen LogP contribution is -2.68. The standard InChI is InChI=1S/C12H20FNO4/c1-11(2,3)14(10(16)17)7-5-12(13,6-8-14)9(15)18-4/h5-8H2,1-4H3/p+1. The van der Waals surface area contributed by atoms with Crippen molar-refractivity contribution in [3.8, 4) is 0 Å². The van der Waals surface area contributed by atoms with Crippen LogP contribution in [0.2, 0.25) is 0 Å². The number of carbonyl (C=O) groups is 2. The number of methoxy groups -OCH3 is 1. The molecule has 0 spiro atoms. The van der Waals surface area contributed by atoms with Crippen LogP contribution in [0.1, 0.15) is 33.6 Å². The van der Waals surface area contributed by atoms with E-state index in [4.69, 9.17) is 0 Å². The number of carboxylic acid groups (broad SMARTS) is 1. The lowest BCUT2D eigenvalue weighted by atomic mass is 9.87. The van der Waals surface area contributed by atoms with E-state index < -0.39 is 23.3 Å². The van der Waals surface area contributed by atoms with Crippen LogP contribution in [0.25, 0.3) is 0 Å². The highest BCUT2D eigenvalue weighted by Gasteiger charge is 2.56. The van der Waals surface area contributed by atoms with Gasteiger partial charge in [0.1, 0.15) is 5.54 Å². The number of hydrogen-bond acceptors (Lipinski definition) is 3. The first kappa shape index (κ1) is 14.9. The van der Waals surface area contributed by atoms with E-state index in [1.807, 2.05) is 20.8 Å². The molecule has 1 aliphatic rings. The van der Waals surface area contributed by atoms with Gasteiger partial charge in [-0.3, -0.25) is 0 Å². The van der Waals surface area contributed by atoms with Gasteiger partial charge in [-0.05, 0) is 20.8 Å². The summed E-state index contributed by atoms with van der Waals surface area (Å²) in [5.41, 5.74) is -2.58. The number of piperidine rings is 1. The number of hydrogen-bond donors (Lipinski definition) is 1. The summed E-state index contributed by atoms with van der Waals surface area (Å²) in [5, 5.41) is 9.42. The molecule has 0 atom stereocenters. The molecule has 1 N–H and O–H groups in total. The lowest BCUT2D eigenvalue weighted by molar-refractivity contribution is -0.909. The molecule has 0 saturated carbocycles. The van der Waals surface area contributed by atoms with Crippen molar-refractivity contribution >= 4 is 12.1 Å². The molecule has 0 radical (unpaired) electrons. The number of alkyl halides is 1. The zero-order valence-corrected chi connectivity index (χ0v) is 11.3. The maximum absolute atomic E-state index is 14.3. The molecule has 0 aromatic heterocycles. The van der Waals surface area contributed by atoms with Gasteiger partial charge in [-0.1, -0.05) is 0 Å². The van der Waals surface area contributed by atoms with Crippen LogP contribution in [0.15, 0.2) is 0 Å². The Kier molecular flexibility index (Phi) is 3.72. The highest BCUT2D eigenvalue weighted by molar-refractivity contribution is 5.79. The Labute approximate surface area is 106 Å². The highest BCUT2D eigenvalue weighted by atomic mass is 19.1. The number of amides is 1. The van der Waals surface area contributed by atoms with Gasteiger partial charge in [-0.2, -0.15) is 4.79 Å². The summed E-state index contributed by atoms with van der Waals surface area (Å²) >= 11 is 0. The van der Waals surface area contributed by atoms with Crippen LogP contribution < -0.4 is 0 Å². The molecule has 1 fully saturated rings. The van der Waals surface area contributed by atoms with Crippen molar-refractivity contribution in [1.82, 2.24) is 0 Å². The Bertz CT molecular complexity index is 354. The molecule has 1 heterocycles. The van der Waals surface area contributed by atoms with Gasteiger partial charge in [0.25, 0.3) is 0 Å². The van der Waals surface area contributed by atoms with Gasteiger partial charge in [-0.15, -0.1) is 0 Å². The van der Waals surface area contributed by atoms with Crippen molar-refractivity contribution in [3.63, 3.8) is 0 Å². The largest absolute Gasteiger partial charge is 0.513 e. The van der Waals surface area contributed by atoms with Crippen molar-refractivity contribution < 1.29 is 28.3 Å². The van der Waals surface area contributed by atoms with Crippen molar-refractivity contribution in [1.29, 1.82) is 0 Å². The van der Waals surface area contributed by atoms with Crippen molar-refractivity contribution in [3.05, 3.63) is 0 Å². The number of nitrogens with zero attached hydrogens (tertiary/aromatic N) is 1. The number of ether oxygens (including phenoxy) is 1. The molecule has 0 unspecified atom stereocenters. The summed E-state index contributed by atoms with van der Waals surface area (Å²) in [6, 6.07) is 0. The topological polar surface area (TPSA) is 63.6 Å². The van der Waals surface area contributed by atoms with E-state index in [0.29, 0.717) is 0 Å². The fraction of sp³-hybridized carbons (Fsp3) is 0.833. The fourth-order valence-corrected chi connectivity index (χ4v) is 2.51. The average Bonchev–Trinajstić information content (AvgIpc) is 2.27. The molecule has 1 saturated heterocycles. The first-order valence-corrected chi connectivity index (χ1v) is 5.97. The maximum atomic E-state index is 14.3. The van der Waals surface area contributed by atoms with Crippen LogP contribution in [0, 0.1) is 0 Å². The van der Waals surface area contributed by atoms with Gasteiger partial charge in [0.05, 0.1) is 20.2 Å². The Morgan fingerprint density at radius 2 is 1.72 bits per heavy atom. The Hall–Kier alpha value is -1.17. The number of halogens is 1. The molecule has 0 aromatic rings. The normalized spacial score (nSPS) is 32.9. The number of rotatable bonds is 1. The molecule has 104 valence electrons. The summed E-state index contributed by atoms with van der Waals surface area (Å²) < 4.78 is 18.5. The second-order valence-corrected chi connectivity index (χ2v) is 5.83. The first-order chi connectivity index (χ1) is 8.09. The van der Waals surface area contributed by atoms with Crippen LogP contribution in [0.5, 0.6) is 0 Å². The Balaban J connectivity index is 2.95. The van der Waals surface area contributed by atoms with Gasteiger partial charge in [-0.25, -0.2) is 13.7 Å². The van der Waals surface area contributed by atoms with E-state index >= 15 is 0 Å². The third-order valence-electron chi connectivity index (χ3n) is 3.98. The van der Waals surface area contributed by atoms with E-state index in [2.05, 4.69) is 4.74 Å². The number of esters is 1. The quantitative estimate of drug-likeness (QED) is 0.579. The predicted molar refractivity (Wildman–Crippen MR) is 62.9 cm³/mol. The minimum absolute atomic E-state index is 0.0877. The number of quaternary nitrogens is 1. The first-order valence-electron chi connectivity index (χ1n) is 5.97. The van der Waals surface area contributed by atoms with E-state index in [-0.39, 0.29) is 30.4 Å². The van der Waals surface area contributed by atoms with Crippen molar-refractivity contribution in [2.75, 3.05) is 20.2 Å². The van der Waals surface area contributed by atoms with Crippen LogP contribution in [-0.2, 0) is 9.53 Å². The van der Waals surface area contributed by atoms with E-state index in [9.17, 15) is 19.1 Å². The van der Waals surface area contributed by atoms with Gasteiger partial charge in [0, 0.05) is 12.8 Å². The summed E-state index contributed by atoms with van der Waals surface area (Å²) in [5.74, 6) is -0.903. The molecule has 0 aromatic carbocycles. The summed E-state index contributed by atoms with van der Waals surface area (Å²) in [4.78, 5) is 22.9. The summed E-state index contributed by atoms with van der Waals surface area (Å²) in [7, 11) is 1.14. The molecular weight excluding hydrogens is 241 g/mol. The zero-order valence-electron chi connectivity index (χ0n) is 11.3. The predicted octanol–water partition coefficient (Wildman–Crippen LogP) is 1.95. The third kappa shape index (κ3) is 2.21. The second-order valence-electron chi connectivity index (χ2n) is 5.83. The van der Waals surface area contributed by atoms with E-state index in [1.165, 1.54) is 0 Å². The molecular formula is C12H21FNO4+. The van der Waals surface area contributed by atoms with Gasteiger partial charge in [0.2, 0.25) is 5.67 Å². The smallest absolute Gasteiger partial charge is 0.467 e. The van der Waals surface area contributed by atoms with Crippen LogP contribution in [0.4, 0.5) is 9.18 Å². The van der Waals surface area contributed by atoms with E-state index in [0.717, 1.165) is 7.11 Å². The van der Waals surface area contributed by atoms with Crippen LogP contribution in [-0.4, -0.2) is 53.1 Å². The SMILES string of the molecule is COC(=O)C1(F)CC[N+](C(=O)O)(C(C)(C)C)CC1. The summed E-state index contributed by atoms with van der Waals surface area (Å²) in [6.45, 7) is 5.61. The molecule has 18 heavy (non-hydrogen) atoms. The lowest BCUT2D eigenvalue weighted by Gasteiger charge is -2.48. The Morgan fingerprint density at radius 3 is 2.00 bits per heavy atom. The van der Waals surface area contributed by atoms with Crippen molar-refractivity contribution in [2.45, 2.75) is 44.8 Å². The van der Waals surface area contributed by atoms with E-state index in [1.54, 1.807) is 0 Å². The molecule has 1 rings (SSSR count). The minimum atomic E-state index is -2.04. The number of likely N-dealkylation sites (tertiary alicyclic amines) is 1. The molecule has 1 aliphatic heterocycles. The second kappa shape index (κ2) is 4.50. The Morgan fingerprint density at radius 1 is 1.28 bits per heavy atom. The molecule has 5 nitrogen and oxygen atoms in total. The highest BCUT2D eigenvalue weighted by Crippen LogP contribution is 2.37. The van der Waals surface area contributed by atoms with Crippen LogP contribution >= 0.6 is 0 Å². The van der Waals surface area contributed by atoms with Gasteiger partial charge < -0.3 is 9.84 Å². The van der Waals surface area contributed by atoms with Crippen molar-refractivity contribution in [2.24, 2.45) is 0 Å².